The van der Waals surface area contributed by atoms with Gasteiger partial charge in [-0.1, -0.05) is 6.92 Å². The van der Waals surface area contributed by atoms with Gasteiger partial charge in [0, 0.05) is 44.3 Å². The molecule has 0 aromatic carbocycles. The third-order valence-electron chi connectivity index (χ3n) is 2.95. The number of thioether (sulfide) groups is 1. The standard InChI is InChI=1S/C12H23N3O2S2/c1-4-5-15-10-12(8-11(15)9-13)19(16,17)14(2)6-7-18-3/h8,10H,4-7,9,13H2,1-3H3. The first-order valence-corrected chi connectivity index (χ1v) is 9.15. The van der Waals surface area contributed by atoms with Crippen molar-refractivity contribution in [1.29, 1.82) is 0 Å². The van der Waals surface area contributed by atoms with Crippen LogP contribution in [0.1, 0.15) is 19.0 Å². The average Bonchev–Trinajstić information content (AvgIpc) is 2.80. The molecule has 1 heterocycles. The summed E-state index contributed by atoms with van der Waals surface area (Å²) in [5, 5.41) is 0. The molecule has 0 fully saturated rings. The van der Waals surface area contributed by atoms with Crippen molar-refractivity contribution < 1.29 is 8.42 Å². The molecule has 0 amide bonds. The SMILES string of the molecule is CCCn1cc(S(=O)(=O)N(C)CCSC)cc1CN. The lowest BCUT2D eigenvalue weighted by Crippen LogP contribution is -2.28. The average molecular weight is 305 g/mol. The molecule has 5 nitrogen and oxygen atoms in total. The van der Waals surface area contributed by atoms with Crippen molar-refractivity contribution in [2.45, 2.75) is 31.3 Å². The number of aryl methyl sites for hydroxylation is 1. The number of hydrogen-bond donors (Lipinski definition) is 1. The number of nitrogens with two attached hydrogens (primary N) is 1. The molecule has 0 radical (unpaired) electrons. The number of nitrogens with zero attached hydrogens (tertiary/aromatic N) is 2. The third-order valence-corrected chi connectivity index (χ3v) is 5.37. The van der Waals surface area contributed by atoms with Gasteiger partial charge in [-0.25, -0.2) is 12.7 Å². The number of rotatable bonds is 8. The summed E-state index contributed by atoms with van der Waals surface area (Å²) < 4.78 is 28.1. The van der Waals surface area contributed by atoms with Crippen LogP contribution in [-0.4, -0.2) is 42.9 Å². The van der Waals surface area contributed by atoms with Crippen LogP contribution < -0.4 is 5.73 Å². The molecule has 0 atom stereocenters. The summed E-state index contributed by atoms with van der Waals surface area (Å²) in [7, 11) is -1.78. The maximum absolute atomic E-state index is 12.4. The smallest absolute Gasteiger partial charge is 0.244 e. The van der Waals surface area contributed by atoms with E-state index in [0.29, 0.717) is 18.0 Å². The topological polar surface area (TPSA) is 68.3 Å². The van der Waals surface area contributed by atoms with Crippen molar-refractivity contribution >= 4 is 21.8 Å². The van der Waals surface area contributed by atoms with E-state index in [1.807, 2.05) is 10.8 Å². The van der Waals surface area contributed by atoms with E-state index in [1.165, 1.54) is 4.31 Å². The Balaban J connectivity index is 3.01. The zero-order valence-electron chi connectivity index (χ0n) is 11.8. The fourth-order valence-electron chi connectivity index (χ4n) is 1.81. The molecule has 7 heteroatoms. The second-order valence-corrected chi connectivity index (χ2v) is 7.41. The lowest BCUT2D eigenvalue weighted by molar-refractivity contribution is 0.488. The van der Waals surface area contributed by atoms with Crippen molar-refractivity contribution in [1.82, 2.24) is 8.87 Å². The van der Waals surface area contributed by atoms with Crippen LogP contribution in [0, 0.1) is 0 Å². The Morgan fingerprint density at radius 2 is 2.16 bits per heavy atom. The zero-order valence-corrected chi connectivity index (χ0v) is 13.4. The van der Waals surface area contributed by atoms with Gasteiger partial charge in [0.05, 0.1) is 0 Å². The molecule has 0 unspecified atom stereocenters. The third kappa shape index (κ3) is 3.98. The Bertz CT molecular complexity index is 497. The molecule has 0 spiro atoms. The van der Waals surface area contributed by atoms with Gasteiger partial charge in [0.25, 0.3) is 0 Å². The molecular formula is C12H23N3O2S2. The molecule has 2 N–H and O–H groups in total. The largest absolute Gasteiger partial charge is 0.349 e. The Hall–Kier alpha value is -0.500. The Kier molecular flexibility index (Phi) is 6.38. The van der Waals surface area contributed by atoms with Crippen LogP contribution in [-0.2, 0) is 23.1 Å². The first-order chi connectivity index (χ1) is 8.97. The highest BCUT2D eigenvalue weighted by Gasteiger charge is 2.22. The van der Waals surface area contributed by atoms with Crippen LogP contribution in [0.15, 0.2) is 17.2 Å². The number of hydrogen-bond acceptors (Lipinski definition) is 4. The highest BCUT2D eigenvalue weighted by atomic mass is 32.2. The van der Waals surface area contributed by atoms with Gasteiger partial charge >= 0.3 is 0 Å². The number of sulfonamides is 1. The van der Waals surface area contributed by atoms with E-state index in [2.05, 4.69) is 6.92 Å². The van der Waals surface area contributed by atoms with Crippen molar-refractivity contribution in [3.8, 4) is 0 Å². The van der Waals surface area contributed by atoms with E-state index < -0.39 is 10.0 Å². The van der Waals surface area contributed by atoms with Crippen LogP contribution in [0.2, 0.25) is 0 Å². The summed E-state index contributed by atoms with van der Waals surface area (Å²) in [5.74, 6) is 0.787. The molecule has 0 saturated carbocycles. The second-order valence-electron chi connectivity index (χ2n) is 4.38. The van der Waals surface area contributed by atoms with Gasteiger partial charge in [-0.2, -0.15) is 11.8 Å². The number of aromatic nitrogens is 1. The van der Waals surface area contributed by atoms with Crippen molar-refractivity contribution in [2.75, 3.05) is 25.6 Å². The second kappa shape index (κ2) is 7.33. The summed E-state index contributed by atoms with van der Waals surface area (Å²) in [4.78, 5) is 0.338. The predicted octanol–water partition coefficient (Wildman–Crippen LogP) is 1.34. The lowest BCUT2D eigenvalue weighted by atomic mass is 10.4. The van der Waals surface area contributed by atoms with Gasteiger partial charge in [0.2, 0.25) is 10.0 Å². The summed E-state index contributed by atoms with van der Waals surface area (Å²) in [6, 6.07) is 1.68. The normalized spacial score (nSPS) is 12.3. The van der Waals surface area contributed by atoms with Crippen LogP contribution in [0.5, 0.6) is 0 Å². The molecule has 110 valence electrons. The Labute approximate surface area is 120 Å². The predicted molar refractivity (Wildman–Crippen MR) is 80.8 cm³/mol. The quantitative estimate of drug-likeness (QED) is 0.787. The maximum atomic E-state index is 12.4. The first-order valence-electron chi connectivity index (χ1n) is 6.31. The Morgan fingerprint density at radius 1 is 1.47 bits per heavy atom. The summed E-state index contributed by atoms with van der Waals surface area (Å²) >= 11 is 1.63. The van der Waals surface area contributed by atoms with Gasteiger partial charge in [-0.3, -0.25) is 0 Å². The van der Waals surface area contributed by atoms with E-state index in [0.717, 1.165) is 24.4 Å². The van der Waals surface area contributed by atoms with E-state index in [1.54, 1.807) is 31.1 Å². The van der Waals surface area contributed by atoms with Crippen molar-refractivity contribution in [3.63, 3.8) is 0 Å². The lowest BCUT2D eigenvalue weighted by Gasteiger charge is -2.15. The molecule has 0 saturated heterocycles. The molecule has 0 aliphatic rings. The molecule has 0 bridgehead atoms. The van der Waals surface area contributed by atoms with Crippen molar-refractivity contribution in [3.05, 3.63) is 18.0 Å². The maximum Gasteiger partial charge on any atom is 0.244 e. The minimum atomic E-state index is -3.40. The minimum absolute atomic E-state index is 0.338. The van der Waals surface area contributed by atoms with E-state index in [4.69, 9.17) is 5.73 Å². The van der Waals surface area contributed by atoms with Crippen LogP contribution in [0.25, 0.3) is 0 Å². The van der Waals surface area contributed by atoms with Gasteiger partial charge in [-0.15, -0.1) is 0 Å². The van der Waals surface area contributed by atoms with E-state index in [9.17, 15) is 8.42 Å². The molecule has 1 aromatic rings. The van der Waals surface area contributed by atoms with Crippen molar-refractivity contribution in [2.24, 2.45) is 5.73 Å². The molecule has 1 aromatic heterocycles. The molecule has 0 aliphatic heterocycles. The molecule has 0 aliphatic carbocycles. The zero-order chi connectivity index (χ0) is 14.5. The van der Waals surface area contributed by atoms with Gasteiger partial charge < -0.3 is 10.3 Å². The summed E-state index contributed by atoms with van der Waals surface area (Å²) in [5.41, 5.74) is 6.52. The van der Waals surface area contributed by atoms with Crippen LogP contribution in [0.4, 0.5) is 0 Å². The van der Waals surface area contributed by atoms with Crippen LogP contribution in [0.3, 0.4) is 0 Å². The summed E-state index contributed by atoms with van der Waals surface area (Å²) in [6.07, 6.45) is 4.60. The monoisotopic (exact) mass is 305 g/mol. The fourth-order valence-corrected chi connectivity index (χ4v) is 3.62. The van der Waals surface area contributed by atoms with Gasteiger partial charge in [0.15, 0.2) is 0 Å². The molecule has 19 heavy (non-hydrogen) atoms. The van der Waals surface area contributed by atoms with E-state index in [-0.39, 0.29) is 0 Å². The minimum Gasteiger partial charge on any atom is -0.349 e. The Morgan fingerprint density at radius 3 is 2.68 bits per heavy atom. The fraction of sp³-hybridized carbons (Fsp3) is 0.667. The summed E-state index contributed by atoms with van der Waals surface area (Å²) in [6.45, 7) is 3.71. The van der Waals surface area contributed by atoms with Crippen LogP contribution >= 0.6 is 11.8 Å². The first kappa shape index (κ1) is 16.6. The van der Waals surface area contributed by atoms with Gasteiger partial charge in [0.1, 0.15) is 4.90 Å². The van der Waals surface area contributed by atoms with E-state index >= 15 is 0 Å². The molecular weight excluding hydrogens is 282 g/mol. The van der Waals surface area contributed by atoms with Gasteiger partial charge in [-0.05, 0) is 18.7 Å². The highest BCUT2D eigenvalue weighted by Crippen LogP contribution is 2.18. The molecule has 1 rings (SSSR count). The highest BCUT2D eigenvalue weighted by molar-refractivity contribution is 7.98.